The number of nitriles is 1. The van der Waals surface area contributed by atoms with Gasteiger partial charge in [0.25, 0.3) is 0 Å². The largest absolute Gasteiger partial charge is 0.384 e. The van der Waals surface area contributed by atoms with Crippen LogP contribution in [0.25, 0.3) is 0 Å². The average molecular weight is 232 g/mol. The van der Waals surface area contributed by atoms with Crippen LogP contribution >= 0.6 is 0 Å². The van der Waals surface area contributed by atoms with Gasteiger partial charge < -0.3 is 4.74 Å². The van der Waals surface area contributed by atoms with Crippen molar-refractivity contribution in [2.75, 3.05) is 26.0 Å². The first kappa shape index (κ1) is 12.4. The highest BCUT2D eigenvalue weighted by molar-refractivity contribution is 7.89. The summed E-state index contributed by atoms with van der Waals surface area (Å²) in [5.41, 5.74) is 0. The van der Waals surface area contributed by atoms with Crippen molar-refractivity contribution in [3.63, 3.8) is 0 Å². The number of sulfonamides is 1. The van der Waals surface area contributed by atoms with Crippen LogP contribution in [0.1, 0.15) is 19.3 Å². The van der Waals surface area contributed by atoms with Crippen LogP contribution in [0.4, 0.5) is 0 Å². The van der Waals surface area contributed by atoms with Crippen LogP contribution in [0.15, 0.2) is 0 Å². The minimum absolute atomic E-state index is 0.00539. The molecule has 6 heteroatoms. The zero-order chi connectivity index (χ0) is 11.3. The number of nitrogens with zero attached hydrogens (tertiary/aromatic N) is 2. The highest BCUT2D eigenvalue weighted by atomic mass is 32.2. The van der Waals surface area contributed by atoms with Gasteiger partial charge in [-0.05, 0) is 12.8 Å². The third-order valence-corrected chi connectivity index (χ3v) is 4.18. The zero-order valence-electron chi connectivity index (χ0n) is 8.85. The van der Waals surface area contributed by atoms with Crippen molar-refractivity contribution >= 4 is 10.0 Å². The normalized spacial score (nSPS) is 16.6. The maximum atomic E-state index is 11.8. The number of ether oxygens (including phenoxy) is 1. The summed E-state index contributed by atoms with van der Waals surface area (Å²) in [6, 6.07) is 2.10. The van der Waals surface area contributed by atoms with E-state index in [1.54, 1.807) is 0 Å². The van der Waals surface area contributed by atoms with Crippen LogP contribution in [0, 0.1) is 11.3 Å². The molecule has 0 saturated heterocycles. The summed E-state index contributed by atoms with van der Waals surface area (Å²) in [7, 11) is -1.76. The fraction of sp³-hybridized carbons (Fsp3) is 0.889. The first-order chi connectivity index (χ1) is 7.11. The first-order valence-corrected chi connectivity index (χ1v) is 6.58. The molecule has 1 aliphatic rings. The molecule has 0 aliphatic heterocycles. The topological polar surface area (TPSA) is 70.4 Å². The molecule has 0 amide bonds. The lowest BCUT2D eigenvalue weighted by Gasteiger charge is -2.20. The summed E-state index contributed by atoms with van der Waals surface area (Å²) in [6.07, 6.45) is 2.08. The molecule has 0 aromatic heterocycles. The summed E-state index contributed by atoms with van der Waals surface area (Å²) in [5, 5.41) is 8.46. The van der Waals surface area contributed by atoms with Crippen LogP contribution in [0.2, 0.25) is 0 Å². The second-order valence-electron chi connectivity index (χ2n) is 3.56. The monoisotopic (exact) mass is 232 g/mol. The Hall–Kier alpha value is -0.640. The van der Waals surface area contributed by atoms with Gasteiger partial charge in [-0.1, -0.05) is 0 Å². The maximum absolute atomic E-state index is 11.8. The van der Waals surface area contributed by atoms with E-state index < -0.39 is 10.0 Å². The summed E-state index contributed by atoms with van der Waals surface area (Å²) < 4.78 is 29.8. The van der Waals surface area contributed by atoms with E-state index in [2.05, 4.69) is 0 Å². The van der Waals surface area contributed by atoms with Crippen LogP contribution in [0.5, 0.6) is 0 Å². The molecule has 0 aromatic rings. The molecule has 0 unspecified atom stereocenters. The van der Waals surface area contributed by atoms with E-state index in [0.29, 0.717) is 6.54 Å². The molecule has 1 fully saturated rings. The van der Waals surface area contributed by atoms with Gasteiger partial charge in [0.05, 0.1) is 18.4 Å². The quantitative estimate of drug-likeness (QED) is 0.634. The molecule has 0 heterocycles. The molecule has 0 radical (unpaired) electrons. The molecule has 0 bridgehead atoms. The fourth-order valence-corrected chi connectivity index (χ4v) is 3.02. The van der Waals surface area contributed by atoms with Crippen molar-refractivity contribution in [1.29, 1.82) is 5.26 Å². The minimum atomic E-state index is -3.24. The molecule has 1 rings (SSSR count). The lowest BCUT2D eigenvalue weighted by atomic mass is 10.4. The molecular formula is C9H16N2O3S. The summed E-state index contributed by atoms with van der Waals surface area (Å²) in [6.45, 7) is 0.519. The predicted molar refractivity (Wildman–Crippen MR) is 55.6 cm³/mol. The first-order valence-electron chi connectivity index (χ1n) is 4.97. The van der Waals surface area contributed by atoms with Crippen LogP contribution in [0.3, 0.4) is 0 Å². The van der Waals surface area contributed by atoms with Crippen molar-refractivity contribution in [1.82, 2.24) is 4.31 Å². The van der Waals surface area contributed by atoms with E-state index >= 15 is 0 Å². The molecule has 15 heavy (non-hydrogen) atoms. The molecule has 0 aromatic carbocycles. The second-order valence-corrected chi connectivity index (χ2v) is 5.60. The van der Waals surface area contributed by atoms with Gasteiger partial charge in [-0.25, -0.2) is 8.42 Å². The van der Waals surface area contributed by atoms with Crippen molar-refractivity contribution in [3.05, 3.63) is 0 Å². The second kappa shape index (κ2) is 5.45. The molecule has 1 saturated carbocycles. The van der Waals surface area contributed by atoms with Gasteiger partial charge in [-0.2, -0.15) is 9.57 Å². The Labute approximate surface area is 90.7 Å². The molecule has 0 N–H and O–H groups in total. The van der Waals surface area contributed by atoms with Crippen LogP contribution in [-0.2, 0) is 14.8 Å². The van der Waals surface area contributed by atoms with Crippen LogP contribution in [-0.4, -0.2) is 44.8 Å². The zero-order valence-corrected chi connectivity index (χ0v) is 9.66. The van der Waals surface area contributed by atoms with Gasteiger partial charge in [-0.3, -0.25) is 0 Å². The third kappa shape index (κ3) is 3.78. The van der Waals surface area contributed by atoms with E-state index in [9.17, 15) is 8.42 Å². The lowest BCUT2D eigenvalue weighted by Crippen LogP contribution is -2.36. The average Bonchev–Trinajstić information content (AvgIpc) is 2.99. The molecule has 0 spiro atoms. The van der Waals surface area contributed by atoms with E-state index in [0.717, 1.165) is 12.8 Å². The lowest BCUT2D eigenvalue weighted by molar-refractivity contribution is 0.215. The standard InChI is InChI=1S/C9H16N2O3S/c1-14-7-8-15(12,13)11(6-2-5-10)9-3-4-9/h9H,2-4,6-8H2,1H3. The third-order valence-electron chi connectivity index (χ3n) is 2.30. The van der Waals surface area contributed by atoms with E-state index in [4.69, 9.17) is 10.00 Å². The number of rotatable bonds is 7. The maximum Gasteiger partial charge on any atom is 0.216 e. The van der Waals surface area contributed by atoms with Crippen molar-refractivity contribution in [3.8, 4) is 6.07 Å². The highest BCUT2D eigenvalue weighted by Crippen LogP contribution is 2.29. The van der Waals surface area contributed by atoms with Gasteiger partial charge in [0, 0.05) is 26.1 Å². The van der Waals surface area contributed by atoms with Crippen molar-refractivity contribution in [2.45, 2.75) is 25.3 Å². The Balaban J connectivity index is 2.57. The van der Waals surface area contributed by atoms with Crippen molar-refractivity contribution in [2.24, 2.45) is 0 Å². The molecular weight excluding hydrogens is 216 g/mol. The Morgan fingerprint density at radius 1 is 1.53 bits per heavy atom. The predicted octanol–water partition coefficient (Wildman–Crippen LogP) is 0.341. The smallest absolute Gasteiger partial charge is 0.216 e. The van der Waals surface area contributed by atoms with Gasteiger partial charge in [0.2, 0.25) is 10.0 Å². The fourth-order valence-electron chi connectivity index (χ4n) is 1.38. The van der Waals surface area contributed by atoms with Gasteiger partial charge in [0.15, 0.2) is 0 Å². The molecule has 86 valence electrons. The Kier molecular flexibility index (Phi) is 4.51. The highest BCUT2D eigenvalue weighted by Gasteiger charge is 2.36. The Morgan fingerprint density at radius 3 is 2.67 bits per heavy atom. The van der Waals surface area contributed by atoms with Crippen molar-refractivity contribution < 1.29 is 13.2 Å². The number of hydrogen-bond donors (Lipinski definition) is 0. The minimum Gasteiger partial charge on any atom is -0.384 e. The summed E-state index contributed by atoms with van der Waals surface area (Å²) >= 11 is 0. The molecule has 1 aliphatic carbocycles. The summed E-state index contributed by atoms with van der Waals surface area (Å²) in [4.78, 5) is 0. The molecule has 0 atom stereocenters. The molecule has 5 nitrogen and oxygen atoms in total. The van der Waals surface area contributed by atoms with Gasteiger partial charge in [-0.15, -0.1) is 0 Å². The van der Waals surface area contributed by atoms with Gasteiger partial charge in [0.1, 0.15) is 0 Å². The van der Waals surface area contributed by atoms with Gasteiger partial charge >= 0.3 is 0 Å². The Bertz CT molecular complexity index is 330. The SMILES string of the molecule is COCCS(=O)(=O)N(CCC#N)C1CC1. The van der Waals surface area contributed by atoms with E-state index in [1.807, 2.05) is 6.07 Å². The van der Waals surface area contributed by atoms with E-state index in [1.165, 1.54) is 11.4 Å². The number of hydrogen-bond acceptors (Lipinski definition) is 4. The Morgan fingerprint density at radius 2 is 2.20 bits per heavy atom. The summed E-state index contributed by atoms with van der Waals surface area (Å²) in [5.74, 6) is 0.00539. The number of methoxy groups -OCH3 is 1. The van der Waals surface area contributed by atoms with E-state index in [-0.39, 0.29) is 24.8 Å². The van der Waals surface area contributed by atoms with Crippen LogP contribution < -0.4 is 0 Å².